The summed E-state index contributed by atoms with van der Waals surface area (Å²) in [5.41, 5.74) is 0. The first-order chi connectivity index (χ1) is 8.25. The Hall–Kier alpha value is -1.28. The third-order valence-corrected chi connectivity index (χ3v) is 3.74. The van der Waals surface area contributed by atoms with Crippen LogP contribution < -0.4 is 0 Å². The molecule has 0 N–H and O–H groups in total. The number of benzene rings is 2. The molecule has 2 aromatic rings. The number of rotatable bonds is 5. The van der Waals surface area contributed by atoms with Gasteiger partial charge in [-0.2, -0.15) is 0 Å². The van der Waals surface area contributed by atoms with Crippen molar-refractivity contribution in [1.82, 2.24) is 0 Å². The van der Waals surface area contributed by atoms with Gasteiger partial charge in [-0.1, -0.05) is 30.3 Å². The van der Waals surface area contributed by atoms with Crippen molar-refractivity contribution in [1.29, 1.82) is 0 Å². The summed E-state index contributed by atoms with van der Waals surface area (Å²) in [6.07, 6.45) is 1.66. The van der Waals surface area contributed by atoms with E-state index in [1.165, 1.54) is 15.7 Å². The number of ketones is 1. The van der Waals surface area contributed by atoms with Gasteiger partial charge in [-0.3, -0.25) is 0 Å². The van der Waals surface area contributed by atoms with E-state index < -0.39 is 0 Å². The summed E-state index contributed by atoms with van der Waals surface area (Å²) < 4.78 is 0. The Bertz CT molecular complexity index is 519. The molecule has 17 heavy (non-hydrogen) atoms. The van der Waals surface area contributed by atoms with Crippen LogP contribution in [0.2, 0.25) is 0 Å². The van der Waals surface area contributed by atoms with Crippen LogP contribution in [0.5, 0.6) is 0 Å². The fourth-order valence-electron chi connectivity index (χ4n) is 1.77. The van der Waals surface area contributed by atoms with Crippen LogP contribution in [-0.4, -0.2) is 11.5 Å². The molecule has 0 saturated heterocycles. The molecule has 0 aromatic heterocycles. The number of hydrogen-bond donors (Lipinski definition) is 0. The van der Waals surface area contributed by atoms with Gasteiger partial charge in [0.25, 0.3) is 0 Å². The van der Waals surface area contributed by atoms with Crippen LogP contribution >= 0.6 is 11.8 Å². The van der Waals surface area contributed by atoms with Gasteiger partial charge in [0.15, 0.2) is 0 Å². The average molecular weight is 244 g/mol. The van der Waals surface area contributed by atoms with Crippen LogP contribution in [0, 0.1) is 0 Å². The second-order valence-corrected chi connectivity index (χ2v) is 5.33. The zero-order valence-corrected chi connectivity index (χ0v) is 10.8. The van der Waals surface area contributed by atoms with E-state index in [1.807, 2.05) is 11.8 Å². The first-order valence-electron chi connectivity index (χ1n) is 5.87. The highest BCUT2D eigenvalue weighted by atomic mass is 32.2. The second-order valence-electron chi connectivity index (χ2n) is 4.16. The van der Waals surface area contributed by atoms with E-state index in [0.29, 0.717) is 6.42 Å². The average Bonchev–Trinajstić information content (AvgIpc) is 2.34. The van der Waals surface area contributed by atoms with E-state index in [1.54, 1.807) is 6.92 Å². The maximum atomic E-state index is 10.8. The molecule has 0 bridgehead atoms. The minimum atomic E-state index is 0.282. The van der Waals surface area contributed by atoms with Gasteiger partial charge in [0.2, 0.25) is 0 Å². The quantitative estimate of drug-likeness (QED) is 0.576. The molecule has 0 atom stereocenters. The summed E-state index contributed by atoms with van der Waals surface area (Å²) in [4.78, 5) is 12.1. The molecular formula is C15H16OS. The van der Waals surface area contributed by atoms with Gasteiger partial charge in [0.1, 0.15) is 5.78 Å². The minimum absolute atomic E-state index is 0.282. The summed E-state index contributed by atoms with van der Waals surface area (Å²) in [6, 6.07) is 14.9. The van der Waals surface area contributed by atoms with E-state index in [9.17, 15) is 4.79 Å². The summed E-state index contributed by atoms with van der Waals surface area (Å²) in [5.74, 6) is 1.29. The van der Waals surface area contributed by atoms with Crippen LogP contribution in [0.4, 0.5) is 0 Å². The Kier molecular flexibility index (Phi) is 4.21. The predicted octanol–water partition coefficient (Wildman–Crippen LogP) is 4.30. The van der Waals surface area contributed by atoms with E-state index in [2.05, 4.69) is 42.5 Å². The van der Waals surface area contributed by atoms with Crippen molar-refractivity contribution in [2.45, 2.75) is 24.7 Å². The van der Waals surface area contributed by atoms with Crippen LogP contribution in [-0.2, 0) is 4.79 Å². The SMILES string of the molecule is CC(=O)CCCSc1ccc2ccccc2c1. The van der Waals surface area contributed by atoms with Gasteiger partial charge < -0.3 is 4.79 Å². The van der Waals surface area contributed by atoms with Gasteiger partial charge in [-0.25, -0.2) is 0 Å². The Morgan fingerprint density at radius 1 is 1.12 bits per heavy atom. The molecule has 1 nitrogen and oxygen atoms in total. The van der Waals surface area contributed by atoms with Crippen molar-refractivity contribution in [3.63, 3.8) is 0 Å². The molecule has 0 aliphatic rings. The van der Waals surface area contributed by atoms with Crippen LogP contribution in [0.15, 0.2) is 47.4 Å². The lowest BCUT2D eigenvalue weighted by molar-refractivity contribution is -0.117. The van der Waals surface area contributed by atoms with Crippen molar-refractivity contribution in [3.05, 3.63) is 42.5 Å². The largest absolute Gasteiger partial charge is 0.300 e. The molecule has 0 spiro atoms. The van der Waals surface area contributed by atoms with Crippen LogP contribution in [0.3, 0.4) is 0 Å². The fraction of sp³-hybridized carbons (Fsp3) is 0.267. The highest BCUT2D eigenvalue weighted by molar-refractivity contribution is 7.99. The molecule has 0 radical (unpaired) electrons. The molecule has 2 aromatic carbocycles. The third kappa shape index (κ3) is 3.60. The van der Waals surface area contributed by atoms with E-state index >= 15 is 0 Å². The molecule has 0 heterocycles. The normalized spacial score (nSPS) is 10.6. The van der Waals surface area contributed by atoms with Crippen molar-refractivity contribution >= 4 is 28.3 Å². The smallest absolute Gasteiger partial charge is 0.129 e. The molecule has 2 rings (SSSR count). The molecule has 2 heteroatoms. The van der Waals surface area contributed by atoms with Crippen molar-refractivity contribution in [2.75, 3.05) is 5.75 Å². The van der Waals surface area contributed by atoms with E-state index in [4.69, 9.17) is 0 Å². The lowest BCUT2D eigenvalue weighted by Crippen LogP contribution is -1.90. The standard InChI is InChI=1S/C15H16OS/c1-12(16)5-4-10-17-15-9-8-13-6-2-3-7-14(13)11-15/h2-3,6-9,11H,4-5,10H2,1H3. The second kappa shape index (κ2) is 5.87. The first-order valence-corrected chi connectivity index (χ1v) is 6.85. The highest BCUT2D eigenvalue weighted by Gasteiger charge is 1.98. The maximum Gasteiger partial charge on any atom is 0.129 e. The van der Waals surface area contributed by atoms with Gasteiger partial charge in [0, 0.05) is 11.3 Å². The summed E-state index contributed by atoms with van der Waals surface area (Å²) >= 11 is 1.83. The Labute approximate surface area is 106 Å². The van der Waals surface area contributed by atoms with Gasteiger partial charge in [-0.05, 0) is 42.0 Å². The maximum absolute atomic E-state index is 10.8. The lowest BCUT2D eigenvalue weighted by atomic mass is 10.1. The summed E-state index contributed by atoms with van der Waals surface area (Å²) in [7, 11) is 0. The fourth-order valence-corrected chi connectivity index (χ4v) is 2.67. The zero-order chi connectivity index (χ0) is 12.1. The van der Waals surface area contributed by atoms with Gasteiger partial charge in [-0.15, -0.1) is 11.8 Å². The number of hydrogen-bond acceptors (Lipinski definition) is 2. The van der Waals surface area contributed by atoms with E-state index in [0.717, 1.165) is 12.2 Å². The molecule has 0 aliphatic heterocycles. The topological polar surface area (TPSA) is 17.1 Å². The van der Waals surface area contributed by atoms with Crippen molar-refractivity contribution < 1.29 is 4.79 Å². The Morgan fingerprint density at radius 3 is 2.65 bits per heavy atom. The van der Waals surface area contributed by atoms with Gasteiger partial charge >= 0.3 is 0 Å². The van der Waals surface area contributed by atoms with E-state index in [-0.39, 0.29) is 5.78 Å². The highest BCUT2D eigenvalue weighted by Crippen LogP contribution is 2.24. The minimum Gasteiger partial charge on any atom is -0.300 e. The summed E-state index contributed by atoms with van der Waals surface area (Å²) in [5, 5.41) is 2.56. The molecule has 0 aliphatic carbocycles. The number of fused-ring (bicyclic) bond motifs is 1. The molecule has 0 amide bonds. The zero-order valence-electron chi connectivity index (χ0n) is 9.98. The lowest BCUT2D eigenvalue weighted by Gasteiger charge is -2.03. The van der Waals surface area contributed by atoms with Crippen LogP contribution in [0.1, 0.15) is 19.8 Å². The first kappa shape index (κ1) is 12.2. The number of thioether (sulfide) groups is 1. The van der Waals surface area contributed by atoms with Gasteiger partial charge in [0.05, 0.1) is 0 Å². The Morgan fingerprint density at radius 2 is 1.88 bits per heavy atom. The monoisotopic (exact) mass is 244 g/mol. The predicted molar refractivity (Wildman–Crippen MR) is 74.6 cm³/mol. The molecule has 0 saturated carbocycles. The van der Waals surface area contributed by atoms with Crippen molar-refractivity contribution in [3.8, 4) is 0 Å². The third-order valence-electron chi connectivity index (χ3n) is 2.66. The molecule has 0 fully saturated rings. The Balaban J connectivity index is 1.97. The summed E-state index contributed by atoms with van der Waals surface area (Å²) in [6.45, 7) is 1.65. The molecular weight excluding hydrogens is 228 g/mol. The number of Topliss-reactive ketones (excluding diaryl/α,β-unsaturated/α-hetero) is 1. The molecule has 0 unspecified atom stereocenters. The molecule has 88 valence electrons. The van der Waals surface area contributed by atoms with Crippen LogP contribution in [0.25, 0.3) is 10.8 Å². The number of carbonyl (C=O) groups is 1. The van der Waals surface area contributed by atoms with Crippen molar-refractivity contribution in [2.24, 2.45) is 0 Å². The number of carbonyl (C=O) groups excluding carboxylic acids is 1.